The molecule has 1 N–H and O–H groups in total. The van der Waals surface area contributed by atoms with E-state index in [1.807, 2.05) is 0 Å². The van der Waals surface area contributed by atoms with E-state index in [1.54, 1.807) is 49.5 Å². The molecule has 0 saturated heterocycles. The minimum atomic E-state index is -3.92. The highest BCUT2D eigenvalue weighted by Gasteiger charge is 2.30. The van der Waals surface area contributed by atoms with Gasteiger partial charge < -0.3 is 14.4 Å². The lowest BCUT2D eigenvalue weighted by molar-refractivity contribution is 0.0999. The molecule has 8 heteroatoms. The van der Waals surface area contributed by atoms with Crippen LogP contribution in [0.5, 0.6) is 11.5 Å². The maximum absolute atomic E-state index is 13.1. The normalized spacial score (nSPS) is 13.1. The maximum Gasteiger partial charge on any atom is 0.262 e. The Balaban J connectivity index is 1.84. The second-order valence-corrected chi connectivity index (χ2v) is 8.03. The molecule has 7 nitrogen and oxygen atoms in total. The van der Waals surface area contributed by atoms with E-state index in [9.17, 15) is 13.2 Å². The molecular weight excluding hydrogens is 380 g/mol. The number of methoxy groups -OCH3 is 2. The number of carbonyl (C=O) groups is 1. The fraction of sp³-hybridized carbons (Fsp3) is 0.150. The van der Waals surface area contributed by atoms with Gasteiger partial charge in [0.25, 0.3) is 15.9 Å². The zero-order valence-corrected chi connectivity index (χ0v) is 16.3. The Morgan fingerprint density at radius 3 is 2.29 bits per heavy atom. The first-order valence-corrected chi connectivity index (χ1v) is 9.93. The first kappa shape index (κ1) is 18.1. The van der Waals surface area contributed by atoms with Crippen LogP contribution in [0.25, 0.3) is 10.8 Å². The Hall–Kier alpha value is -3.26. The van der Waals surface area contributed by atoms with Crippen LogP contribution < -0.4 is 19.1 Å². The summed E-state index contributed by atoms with van der Waals surface area (Å²) >= 11 is 0. The zero-order chi connectivity index (χ0) is 20.1. The smallest absolute Gasteiger partial charge is 0.262 e. The van der Waals surface area contributed by atoms with Gasteiger partial charge in [-0.3, -0.25) is 9.52 Å². The van der Waals surface area contributed by atoms with Gasteiger partial charge >= 0.3 is 0 Å². The van der Waals surface area contributed by atoms with Crippen LogP contribution in [0.4, 0.5) is 11.4 Å². The van der Waals surface area contributed by atoms with Gasteiger partial charge in [0.15, 0.2) is 0 Å². The van der Waals surface area contributed by atoms with Crippen LogP contribution >= 0.6 is 0 Å². The van der Waals surface area contributed by atoms with E-state index in [2.05, 4.69) is 4.72 Å². The number of benzene rings is 3. The van der Waals surface area contributed by atoms with Gasteiger partial charge in [0.05, 0.1) is 30.5 Å². The fourth-order valence-corrected chi connectivity index (χ4v) is 4.66. The van der Waals surface area contributed by atoms with Crippen LogP contribution in [0.1, 0.15) is 10.4 Å². The minimum absolute atomic E-state index is 0.0954. The van der Waals surface area contributed by atoms with E-state index in [0.717, 1.165) is 0 Å². The van der Waals surface area contributed by atoms with Crippen molar-refractivity contribution in [3.8, 4) is 11.5 Å². The van der Waals surface area contributed by atoms with Crippen LogP contribution in [0.2, 0.25) is 0 Å². The predicted molar refractivity (Wildman–Crippen MR) is 107 cm³/mol. The molecular formula is C20H18N2O5S. The molecule has 0 bridgehead atoms. The van der Waals surface area contributed by atoms with Crippen molar-refractivity contribution in [3.63, 3.8) is 0 Å². The number of rotatable bonds is 5. The third-order valence-corrected chi connectivity index (χ3v) is 6.21. The highest BCUT2D eigenvalue weighted by Crippen LogP contribution is 2.39. The molecule has 1 heterocycles. The Morgan fingerprint density at radius 1 is 0.964 bits per heavy atom. The summed E-state index contributed by atoms with van der Waals surface area (Å²) in [5, 5.41) is 1.14. The largest absolute Gasteiger partial charge is 0.497 e. The molecule has 1 amide bonds. The van der Waals surface area contributed by atoms with Crippen molar-refractivity contribution in [2.45, 2.75) is 4.90 Å². The molecule has 1 aliphatic heterocycles. The lowest BCUT2D eigenvalue weighted by atomic mass is 10.1. The molecule has 0 aliphatic carbocycles. The number of carbonyl (C=O) groups excluding carboxylic acids is 1. The van der Waals surface area contributed by atoms with Crippen molar-refractivity contribution in [2.24, 2.45) is 0 Å². The molecule has 0 spiro atoms. The lowest BCUT2D eigenvalue weighted by Gasteiger charge is -2.14. The number of anilines is 2. The average molecular weight is 398 g/mol. The molecule has 28 heavy (non-hydrogen) atoms. The second kappa shape index (κ2) is 6.42. The van der Waals surface area contributed by atoms with E-state index in [1.165, 1.54) is 25.2 Å². The summed E-state index contributed by atoms with van der Waals surface area (Å²) in [7, 11) is 0.731. The number of hydrogen-bond donors (Lipinski definition) is 1. The first-order valence-electron chi connectivity index (χ1n) is 8.45. The number of nitrogens with one attached hydrogen (secondary N) is 1. The van der Waals surface area contributed by atoms with Crippen molar-refractivity contribution < 1.29 is 22.7 Å². The van der Waals surface area contributed by atoms with E-state index in [-0.39, 0.29) is 10.8 Å². The average Bonchev–Trinajstić information content (AvgIpc) is 2.94. The van der Waals surface area contributed by atoms with Crippen molar-refractivity contribution in [1.82, 2.24) is 0 Å². The molecule has 0 radical (unpaired) electrons. The van der Waals surface area contributed by atoms with Gasteiger partial charge in [0, 0.05) is 41.6 Å². The van der Waals surface area contributed by atoms with Crippen LogP contribution in [0.15, 0.2) is 53.4 Å². The number of ether oxygens (including phenoxy) is 2. The number of nitrogens with zero attached hydrogens (tertiary/aromatic N) is 1. The fourth-order valence-electron chi connectivity index (χ4n) is 3.42. The van der Waals surface area contributed by atoms with Crippen molar-refractivity contribution in [3.05, 3.63) is 54.1 Å². The van der Waals surface area contributed by atoms with Gasteiger partial charge in [-0.2, -0.15) is 0 Å². The number of hydrogen-bond acceptors (Lipinski definition) is 5. The van der Waals surface area contributed by atoms with Crippen LogP contribution in [0, 0.1) is 0 Å². The molecule has 0 fully saturated rings. The highest BCUT2D eigenvalue weighted by molar-refractivity contribution is 7.93. The molecule has 3 aromatic carbocycles. The quantitative estimate of drug-likeness (QED) is 0.713. The lowest BCUT2D eigenvalue weighted by Crippen LogP contribution is -2.20. The first-order chi connectivity index (χ1) is 13.4. The van der Waals surface area contributed by atoms with Gasteiger partial charge in [0.2, 0.25) is 0 Å². The summed E-state index contributed by atoms with van der Waals surface area (Å²) in [6.07, 6.45) is 0. The van der Waals surface area contributed by atoms with Gasteiger partial charge in [-0.1, -0.05) is 12.1 Å². The predicted octanol–water partition coefficient (Wildman–Crippen LogP) is 3.25. The summed E-state index contributed by atoms with van der Waals surface area (Å²) in [4.78, 5) is 14.0. The summed E-state index contributed by atoms with van der Waals surface area (Å²) in [5.41, 5.74) is 1.50. The Labute approximate surface area is 162 Å². The standard InChI is InChI=1S/C20H18N2O5S/c1-22-17-7-8-18(15-5-4-6-16(19(15)17)20(22)23)28(24,25)21-12-9-13(26-2)11-14(10-12)27-3/h4-11,21H,1-3H3. The summed E-state index contributed by atoms with van der Waals surface area (Å²) in [6.45, 7) is 0. The SMILES string of the molecule is COc1cc(NS(=O)(=O)c2ccc3c4c(cccc24)C(=O)N3C)cc(OC)c1. The van der Waals surface area contributed by atoms with Crippen LogP contribution in [-0.4, -0.2) is 35.6 Å². The topological polar surface area (TPSA) is 84.9 Å². The number of amides is 1. The van der Waals surface area contributed by atoms with E-state index >= 15 is 0 Å². The summed E-state index contributed by atoms with van der Waals surface area (Å²) < 4.78 is 39.2. The second-order valence-electron chi connectivity index (χ2n) is 6.38. The van der Waals surface area contributed by atoms with Gasteiger partial charge in [-0.25, -0.2) is 8.42 Å². The van der Waals surface area contributed by atoms with Crippen molar-refractivity contribution in [1.29, 1.82) is 0 Å². The van der Waals surface area contributed by atoms with E-state index in [4.69, 9.17) is 9.47 Å². The molecule has 144 valence electrons. The summed E-state index contributed by atoms with van der Waals surface area (Å²) in [6, 6.07) is 13.0. The number of sulfonamides is 1. The van der Waals surface area contributed by atoms with Gasteiger partial charge in [-0.15, -0.1) is 0 Å². The molecule has 0 saturated carbocycles. The van der Waals surface area contributed by atoms with Gasteiger partial charge in [0.1, 0.15) is 11.5 Å². The molecule has 1 aliphatic rings. The molecule has 4 rings (SSSR count). The Morgan fingerprint density at radius 2 is 1.64 bits per heavy atom. The maximum atomic E-state index is 13.1. The van der Waals surface area contributed by atoms with Crippen LogP contribution in [-0.2, 0) is 10.0 Å². The van der Waals surface area contributed by atoms with Crippen LogP contribution in [0.3, 0.4) is 0 Å². The van der Waals surface area contributed by atoms with Crippen molar-refractivity contribution >= 4 is 38.1 Å². The van der Waals surface area contributed by atoms with Crippen molar-refractivity contribution in [2.75, 3.05) is 30.9 Å². The van der Waals surface area contributed by atoms with E-state index in [0.29, 0.717) is 39.2 Å². The molecule has 0 unspecified atom stereocenters. The highest BCUT2D eigenvalue weighted by atomic mass is 32.2. The summed E-state index contributed by atoms with van der Waals surface area (Å²) in [5.74, 6) is 0.773. The minimum Gasteiger partial charge on any atom is -0.497 e. The molecule has 0 aromatic heterocycles. The third-order valence-electron chi connectivity index (χ3n) is 4.77. The third kappa shape index (κ3) is 2.73. The van der Waals surface area contributed by atoms with Gasteiger partial charge in [-0.05, 0) is 18.2 Å². The monoisotopic (exact) mass is 398 g/mol. The zero-order valence-electron chi connectivity index (χ0n) is 15.5. The molecule has 3 aromatic rings. The Kier molecular flexibility index (Phi) is 4.15. The Bertz CT molecular complexity index is 1200. The van der Waals surface area contributed by atoms with E-state index < -0.39 is 10.0 Å². The molecule has 0 atom stereocenters.